The van der Waals surface area contributed by atoms with Crippen LogP contribution in [-0.2, 0) is 4.79 Å². The van der Waals surface area contributed by atoms with Gasteiger partial charge in [-0.05, 0) is 19.1 Å². The SMILES string of the molecule is C[C@H](C(=O)O)n1ncc2c(F)c(F)ccc2c1=O. The van der Waals surface area contributed by atoms with Gasteiger partial charge in [0.05, 0.1) is 11.6 Å². The maximum atomic E-state index is 13.4. The Balaban J connectivity index is 2.77. The Morgan fingerprint density at radius 1 is 1.39 bits per heavy atom. The van der Waals surface area contributed by atoms with Gasteiger partial charge in [0, 0.05) is 5.39 Å². The molecule has 0 saturated heterocycles. The fourth-order valence-electron chi connectivity index (χ4n) is 1.56. The Morgan fingerprint density at radius 2 is 2.06 bits per heavy atom. The van der Waals surface area contributed by atoms with Crippen LogP contribution in [-0.4, -0.2) is 20.9 Å². The predicted octanol–water partition coefficient (Wildman–Crippen LogP) is 1.32. The Kier molecular flexibility index (Phi) is 2.82. The van der Waals surface area contributed by atoms with Crippen molar-refractivity contribution in [2.45, 2.75) is 13.0 Å². The van der Waals surface area contributed by atoms with Gasteiger partial charge in [-0.3, -0.25) is 4.79 Å². The molecular formula is C11H8F2N2O3. The lowest BCUT2D eigenvalue weighted by Crippen LogP contribution is -2.30. The number of carbonyl (C=O) groups is 1. The molecule has 0 aliphatic carbocycles. The second-order valence-corrected chi connectivity index (χ2v) is 3.73. The summed E-state index contributed by atoms with van der Waals surface area (Å²) >= 11 is 0. The zero-order chi connectivity index (χ0) is 13.4. The molecule has 0 aliphatic heterocycles. The van der Waals surface area contributed by atoms with E-state index in [0.717, 1.165) is 18.3 Å². The number of hydrogen-bond donors (Lipinski definition) is 1. The van der Waals surface area contributed by atoms with Crippen LogP contribution in [0.15, 0.2) is 23.1 Å². The first kappa shape index (κ1) is 12.2. The van der Waals surface area contributed by atoms with Crippen molar-refractivity contribution in [1.29, 1.82) is 0 Å². The maximum absolute atomic E-state index is 13.4. The average molecular weight is 254 g/mol. The van der Waals surface area contributed by atoms with Gasteiger partial charge in [0.2, 0.25) is 0 Å². The molecule has 0 saturated carbocycles. The van der Waals surface area contributed by atoms with Crippen molar-refractivity contribution in [3.05, 3.63) is 40.3 Å². The van der Waals surface area contributed by atoms with Gasteiger partial charge in [0.25, 0.3) is 5.56 Å². The zero-order valence-electron chi connectivity index (χ0n) is 9.22. The minimum atomic E-state index is -1.24. The summed E-state index contributed by atoms with van der Waals surface area (Å²) in [5, 5.41) is 12.0. The number of rotatable bonds is 2. The number of hydrogen-bond acceptors (Lipinski definition) is 3. The summed E-state index contributed by atoms with van der Waals surface area (Å²) in [5.74, 6) is -3.51. The highest BCUT2D eigenvalue weighted by molar-refractivity contribution is 5.81. The number of carboxylic acid groups (broad SMARTS) is 1. The average Bonchev–Trinajstić information content (AvgIpc) is 2.33. The van der Waals surface area contributed by atoms with Crippen molar-refractivity contribution in [1.82, 2.24) is 9.78 Å². The molecule has 94 valence electrons. The molecule has 5 nitrogen and oxygen atoms in total. The number of fused-ring (bicyclic) bond motifs is 1. The van der Waals surface area contributed by atoms with Gasteiger partial charge in [0.1, 0.15) is 0 Å². The monoisotopic (exact) mass is 254 g/mol. The first-order valence-electron chi connectivity index (χ1n) is 5.02. The number of carboxylic acids is 1. The molecule has 1 aromatic carbocycles. The molecule has 1 aromatic heterocycles. The number of aliphatic carboxylic acids is 1. The molecule has 2 rings (SSSR count). The maximum Gasteiger partial charge on any atom is 0.328 e. The van der Waals surface area contributed by atoms with Crippen LogP contribution in [0.3, 0.4) is 0 Å². The Morgan fingerprint density at radius 3 is 2.67 bits per heavy atom. The van der Waals surface area contributed by atoms with Gasteiger partial charge < -0.3 is 5.11 Å². The lowest BCUT2D eigenvalue weighted by Gasteiger charge is -2.10. The lowest BCUT2D eigenvalue weighted by molar-refractivity contribution is -0.140. The summed E-state index contributed by atoms with van der Waals surface area (Å²) in [4.78, 5) is 22.7. The molecule has 0 amide bonds. The normalized spacial score (nSPS) is 12.6. The minimum Gasteiger partial charge on any atom is -0.480 e. The van der Waals surface area contributed by atoms with E-state index in [1.165, 1.54) is 6.92 Å². The Labute approximate surface area is 99.3 Å². The van der Waals surface area contributed by atoms with Crippen LogP contribution in [0.2, 0.25) is 0 Å². The largest absolute Gasteiger partial charge is 0.480 e. The number of benzene rings is 1. The van der Waals surface area contributed by atoms with Crippen LogP contribution in [0, 0.1) is 11.6 Å². The summed E-state index contributed by atoms with van der Waals surface area (Å²) < 4.78 is 27.1. The van der Waals surface area contributed by atoms with Crippen LogP contribution in [0.5, 0.6) is 0 Å². The van der Waals surface area contributed by atoms with E-state index in [1.54, 1.807) is 0 Å². The van der Waals surface area contributed by atoms with Gasteiger partial charge in [-0.1, -0.05) is 0 Å². The van der Waals surface area contributed by atoms with Crippen molar-refractivity contribution in [2.75, 3.05) is 0 Å². The Hall–Kier alpha value is -2.31. The van der Waals surface area contributed by atoms with Gasteiger partial charge in [-0.2, -0.15) is 5.10 Å². The standard InChI is InChI=1S/C11H8F2N2O3/c1-5(11(17)18)15-10(16)6-2-3-8(12)9(13)7(6)4-14-15/h2-5H,1H3,(H,17,18)/t5-/m1/s1. The summed E-state index contributed by atoms with van der Waals surface area (Å²) in [6.07, 6.45) is 0.939. The third-order valence-corrected chi connectivity index (χ3v) is 2.61. The van der Waals surface area contributed by atoms with Crippen LogP contribution >= 0.6 is 0 Å². The van der Waals surface area contributed by atoms with Crippen molar-refractivity contribution in [3.8, 4) is 0 Å². The molecule has 0 spiro atoms. The van der Waals surface area contributed by atoms with Crippen LogP contribution in [0.1, 0.15) is 13.0 Å². The number of nitrogens with zero attached hydrogens (tertiary/aromatic N) is 2. The number of aromatic nitrogens is 2. The van der Waals surface area contributed by atoms with Crippen molar-refractivity contribution >= 4 is 16.7 Å². The summed E-state index contributed by atoms with van der Waals surface area (Å²) in [7, 11) is 0. The molecule has 1 heterocycles. The van der Waals surface area contributed by atoms with Crippen LogP contribution in [0.4, 0.5) is 8.78 Å². The highest BCUT2D eigenvalue weighted by atomic mass is 19.2. The van der Waals surface area contributed by atoms with Gasteiger partial charge in [-0.15, -0.1) is 0 Å². The molecule has 1 N–H and O–H groups in total. The molecule has 18 heavy (non-hydrogen) atoms. The smallest absolute Gasteiger partial charge is 0.328 e. The van der Waals surface area contributed by atoms with E-state index in [4.69, 9.17) is 5.11 Å². The highest BCUT2D eigenvalue weighted by Gasteiger charge is 2.18. The molecule has 1 atom stereocenters. The molecule has 0 fully saturated rings. The van der Waals surface area contributed by atoms with Gasteiger partial charge in [0.15, 0.2) is 17.7 Å². The van der Waals surface area contributed by atoms with Crippen LogP contribution < -0.4 is 5.56 Å². The summed E-state index contributed by atoms with van der Waals surface area (Å²) in [6.45, 7) is 1.27. The van der Waals surface area contributed by atoms with Crippen LogP contribution in [0.25, 0.3) is 10.8 Å². The molecule has 7 heteroatoms. The topological polar surface area (TPSA) is 72.2 Å². The summed E-state index contributed by atoms with van der Waals surface area (Å²) in [6, 6.07) is 0.729. The predicted molar refractivity (Wildman–Crippen MR) is 58.3 cm³/mol. The molecule has 0 unspecified atom stereocenters. The molecule has 2 aromatic rings. The van der Waals surface area contributed by atoms with E-state index < -0.39 is 29.2 Å². The van der Waals surface area contributed by atoms with E-state index in [1.807, 2.05) is 0 Å². The van der Waals surface area contributed by atoms with E-state index in [-0.39, 0.29) is 10.8 Å². The first-order chi connectivity index (χ1) is 8.43. The van der Waals surface area contributed by atoms with Gasteiger partial charge >= 0.3 is 5.97 Å². The highest BCUT2D eigenvalue weighted by Crippen LogP contribution is 2.17. The van der Waals surface area contributed by atoms with E-state index in [9.17, 15) is 18.4 Å². The molecule has 0 bridgehead atoms. The second kappa shape index (κ2) is 4.17. The number of halogens is 2. The molecule has 0 radical (unpaired) electrons. The zero-order valence-corrected chi connectivity index (χ0v) is 9.22. The minimum absolute atomic E-state index is 0.114. The fraction of sp³-hybridized carbons (Fsp3) is 0.182. The lowest BCUT2D eigenvalue weighted by atomic mass is 10.2. The summed E-state index contributed by atoms with van der Waals surface area (Å²) in [5.41, 5.74) is -0.777. The van der Waals surface area contributed by atoms with Crippen molar-refractivity contribution < 1.29 is 18.7 Å². The third kappa shape index (κ3) is 1.73. The second-order valence-electron chi connectivity index (χ2n) is 3.73. The quantitative estimate of drug-likeness (QED) is 0.877. The van der Waals surface area contributed by atoms with Crippen molar-refractivity contribution in [2.24, 2.45) is 0 Å². The van der Waals surface area contributed by atoms with E-state index in [0.29, 0.717) is 4.68 Å². The van der Waals surface area contributed by atoms with Crippen molar-refractivity contribution in [3.63, 3.8) is 0 Å². The third-order valence-electron chi connectivity index (χ3n) is 2.61. The van der Waals surface area contributed by atoms with Gasteiger partial charge in [-0.25, -0.2) is 18.3 Å². The first-order valence-corrected chi connectivity index (χ1v) is 5.02. The molecular weight excluding hydrogens is 246 g/mol. The fourth-order valence-corrected chi connectivity index (χ4v) is 1.56. The van der Waals surface area contributed by atoms with E-state index in [2.05, 4.69) is 5.10 Å². The Bertz CT molecular complexity index is 696. The molecule has 0 aliphatic rings. The van der Waals surface area contributed by atoms with E-state index >= 15 is 0 Å².